The van der Waals surface area contributed by atoms with Gasteiger partial charge in [-0.05, 0) is 50.7 Å². The molecule has 0 aliphatic carbocycles. The third-order valence-electron chi connectivity index (χ3n) is 4.61. The summed E-state index contributed by atoms with van der Waals surface area (Å²) < 4.78 is 6.95. The van der Waals surface area contributed by atoms with Crippen LogP contribution in [0.3, 0.4) is 0 Å². The van der Waals surface area contributed by atoms with Gasteiger partial charge in [-0.25, -0.2) is 9.59 Å². The Labute approximate surface area is 200 Å². The minimum Gasteiger partial charge on any atom is -0.494 e. The van der Waals surface area contributed by atoms with Crippen molar-refractivity contribution in [2.45, 2.75) is 25.7 Å². The normalized spacial score (nSPS) is 10.7. The van der Waals surface area contributed by atoms with Crippen LogP contribution < -0.4 is 10.1 Å². The first-order chi connectivity index (χ1) is 15.9. The van der Waals surface area contributed by atoms with Gasteiger partial charge in [-0.1, -0.05) is 40.9 Å². The molecule has 1 heterocycles. The molecule has 8 nitrogen and oxygen atoms in total. The quantitative estimate of drug-likeness (QED) is 0.211. The van der Waals surface area contributed by atoms with Gasteiger partial charge in [0.25, 0.3) is 0 Å². The molecule has 0 atom stereocenters. The second-order valence-electron chi connectivity index (χ2n) is 7.16. The molecule has 2 aromatic carbocycles. The Balaban J connectivity index is 0.000000414. The van der Waals surface area contributed by atoms with Crippen LogP contribution in [0.1, 0.15) is 25.7 Å². The molecular formula is C24H28BrN3O5. The zero-order valence-corrected chi connectivity index (χ0v) is 20.0. The summed E-state index contributed by atoms with van der Waals surface area (Å²) in [4.78, 5) is 19.1. The molecule has 3 aromatic rings. The second kappa shape index (κ2) is 14.1. The van der Waals surface area contributed by atoms with E-state index >= 15 is 0 Å². The summed E-state index contributed by atoms with van der Waals surface area (Å²) >= 11 is 3.47. The highest BCUT2D eigenvalue weighted by atomic mass is 79.9. The molecule has 0 spiro atoms. The summed E-state index contributed by atoms with van der Waals surface area (Å²) in [5, 5.41) is 27.5. The SMILES string of the molecule is CNCCCCCCOc1ccc2c(-c3ccc(Br)cc3)n[nH]c2c1.O=C(O)/C=C/C(=O)O. The lowest BCUT2D eigenvalue weighted by molar-refractivity contribution is -0.134. The van der Waals surface area contributed by atoms with Crippen LogP contribution in [0.4, 0.5) is 0 Å². The van der Waals surface area contributed by atoms with Crippen LogP contribution in [0.15, 0.2) is 59.1 Å². The third-order valence-corrected chi connectivity index (χ3v) is 5.14. The molecule has 0 radical (unpaired) electrons. The Hall–Kier alpha value is -3.17. The van der Waals surface area contributed by atoms with Crippen molar-refractivity contribution in [1.29, 1.82) is 0 Å². The lowest BCUT2D eigenvalue weighted by atomic mass is 10.1. The van der Waals surface area contributed by atoms with E-state index in [0.29, 0.717) is 12.2 Å². The number of aromatic amines is 1. The second-order valence-corrected chi connectivity index (χ2v) is 8.08. The summed E-state index contributed by atoms with van der Waals surface area (Å²) in [5.74, 6) is -1.62. The van der Waals surface area contributed by atoms with Gasteiger partial charge in [0.1, 0.15) is 5.75 Å². The van der Waals surface area contributed by atoms with E-state index in [-0.39, 0.29) is 0 Å². The smallest absolute Gasteiger partial charge is 0.328 e. The predicted molar refractivity (Wildman–Crippen MR) is 132 cm³/mol. The van der Waals surface area contributed by atoms with Crippen molar-refractivity contribution >= 4 is 38.8 Å². The number of benzene rings is 2. The number of carboxylic acid groups (broad SMARTS) is 2. The topological polar surface area (TPSA) is 125 Å². The van der Waals surface area contributed by atoms with Crippen LogP contribution in [0, 0.1) is 0 Å². The standard InChI is InChI=1S/C20H24BrN3O.C4H4O4/c1-22-12-4-2-3-5-13-25-17-10-11-18-19(14-17)23-24-20(18)15-6-8-16(21)9-7-15;5-3(6)1-2-4(7)8/h6-11,14,22H,2-5,12-13H2,1H3,(H,23,24);1-2H,(H,5,6)(H,7,8)/b;2-1+. The molecule has 0 unspecified atom stereocenters. The fourth-order valence-electron chi connectivity index (χ4n) is 3.01. The Morgan fingerprint density at radius 3 is 2.33 bits per heavy atom. The Morgan fingerprint density at radius 1 is 1.03 bits per heavy atom. The van der Waals surface area contributed by atoms with Crippen molar-refractivity contribution in [2.75, 3.05) is 20.2 Å². The van der Waals surface area contributed by atoms with Crippen LogP contribution in [0.25, 0.3) is 22.2 Å². The molecule has 33 heavy (non-hydrogen) atoms. The van der Waals surface area contributed by atoms with E-state index in [2.05, 4.69) is 49.6 Å². The number of nitrogens with one attached hydrogen (secondary N) is 2. The number of H-pyrrole nitrogens is 1. The minimum atomic E-state index is -1.26. The number of hydrogen-bond acceptors (Lipinski definition) is 5. The number of carboxylic acids is 2. The van der Waals surface area contributed by atoms with Crippen molar-refractivity contribution < 1.29 is 24.5 Å². The molecule has 1 aromatic heterocycles. The average Bonchev–Trinajstić information content (AvgIpc) is 3.21. The van der Waals surface area contributed by atoms with Gasteiger partial charge in [0.2, 0.25) is 0 Å². The van der Waals surface area contributed by atoms with E-state index in [1.165, 1.54) is 19.3 Å². The number of fused-ring (bicyclic) bond motifs is 1. The summed E-state index contributed by atoms with van der Waals surface area (Å²) in [7, 11) is 2.00. The van der Waals surface area contributed by atoms with Crippen LogP contribution in [0.5, 0.6) is 5.75 Å². The number of carbonyl (C=O) groups is 2. The maximum atomic E-state index is 9.55. The van der Waals surface area contributed by atoms with Crippen molar-refractivity contribution in [3.63, 3.8) is 0 Å². The molecule has 3 rings (SSSR count). The molecule has 0 saturated carbocycles. The molecular weight excluding hydrogens is 490 g/mol. The summed E-state index contributed by atoms with van der Waals surface area (Å²) in [6.07, 6.45) is 5.90. The number of rotatable bonds is 11. The Kier molecular flexibility index (Phi) is 11.1. The lowest BCUT2D eigenvalue weighted by Crippen LogP contribution is -2.07. The van der Waals surface area contributed by atoms with E-state index in [1.54, 1.807) is 0 Å². The monoisotopic (exact) mass is 517 g/mol. The van der Waals surface area contributed by atoms with E-state index < -0.39 is 11.9 Å². The molecule has 0 aliphatic rings. The first-order valence-electron chi connectivity index (χ1n) is 10.6. The Bertz CT molecular complexity index is 1050. The summed E-state index contributed by atoms with van der Waals surface area (Å²) in [5.41, 5.74) is 3.08. The van der Waals surface area contributed by atoms with E-state index in [0.717, 1.165) is 52.0 Å². The number of nitrogens with zero attached hydrogens (tertiary/aromatic N) is 1. The third kappa shape index (κ3) is 9.46. The molecule has 0 aliphatic heterocycles. The Morgan fingerprint density at radius 2 is 1.70 bits per heavy atom. The van der Waals surface area contributed by atoms with Gasteiger partial charge in [-0.2, -0.15) is 5.10 Å². The van der Waals surface area contributed by atoms with Crippen LogP contribution in [-0.2, 0) is 9.59 Å². The zero-order chi connectivity index (χ0) is 24.1. The maximum Gasteiger partial charge on any atom is 0.328 e. The molecule has 0 bridgehead atoms. The summed E-state index contributed by atoms with van der Waals surface area (Å²) in [6.45, 7) is 1.86. The van der Waals surface area contributed by atoms with E-state index in [4.69, 9.17) is 14.9 Å². The van der Waals surface area contributed by atoms with Gasteiger partial charge in [-0.15, -0.1) is 0 Å². The number of ether oxygens (including phenoxy) is 1. The number of hydrogen-bond donors (Lipinski definition) is 4. The molecule has 0 amide bonds. The fraction of sp³-hybridized carbons (Fsp3) is 0.292. The van der Waals surface area contributed by atoms with Crippen molar-refractivity contribution in [3.05, 3.63) is 59.1 Å². The maximum absolute atomic E-state index is 9.55. The first kappa shape index (κ1) is 26.1. The van der Waals surface area contributed by atoms with Gasteiger partial charge in [-0.3, -0.25) is 5.10 Å². The number of aromatic nitrogens is 2. The number of halogens is 1. The van der Waals surface area contributed by atoms with Crippen molar-refractivity contribution in [2.24, 2.45) is 0 Å². The van der Waals surface area contributed by atoms with Crippen LogP contribution in [0.2, 0.25) is 0 Å². The number of unbranched alkanes of at least 4 members (excludes halogenated alkanes) is 3. The molecule has 0 fully saturated rings. The molecule has 0 saturated heterocycles. The van der Waals surface area contributed by atoms with Crippen LogP contribution in [-0.4, -0.2) is 52.5 Å². The predicted octanol–water partition coefficient (Wildman–Crippen LogP) is 4.86. The zero-order valence-electron chi connectivity index (χ0n) is 18.4. The highest BCUT2D eigenvalue weighted by molar-refractivity contribution is 9.10. The number of aliphatic carboxylic acids is 2. The average molecular weight is 518 g/mol. The van der Waals surface area contributed by atoms with Gasteiger partial charge in [0.15, 0.2) is 0 Å². The summed E-state index contributed by atoms with van der Waals surface area (Å²) in [6, 6.07) is 14.3. The largest absolute Gasteiger partial charge is 0.494 e. The molecule has 9 heteroatoms. The first-order valence-corrected chi connectivity index (χ1v) is 11.4. The minimum absolute atomic E-state index is 0.558. The molecule has 176 valence electrons. The van der Waals surface area contributed by atoms with Gasteiger partial charge < -0.3 is 20.3 Å². The lowest BCUT2D eigenvalue weighted by Gasteiger charge is -2.06. The van der Waals surface area contributed by atoms with E-state index in [9.17, 15) is 9.59 Å². The van der Waals surface area contributed by atoms with Crippen molar-refractivity contribution in [3.8, 4) is 17.0 Å². The molecule has 4 N–H and O–H groups in total. The highest BCUT2D eigenvalue weighted by Crippen LogP contribution is 2.29. The fourth-order valence-corrected chi connectivity index (χ4v) is 3.27. The van der Waals surface area contributed by atoms with E-state index in [1.807, 2.05) is 31.3 Å². The highest BCUT2D eigenvalue weighted by Gasteiger charge is 2.09. The van der Waals surface area contributed by atoms with Crippen molar-refractivity contribution in [1.82, 2.24) is 15.5 Å². The van der Waals surface area contributed by atoms with Gasteiger partial charge in [0, 0.05) is 33.6 Å². The van der Waals surface area contributed by atoms with Gasteiger partial charge in [0.05, 0.1) is 17.8 Å². The van der Waals surface area contributed by atoms with Gasteiger partial charge >= 0.3 is 11.9 Å². The van der Waals surface area contributed by atoms with Crippen LogP contribution >= 0.6 is 15.9 Å².